The fourth-order valence-electron chi connectivity index (χ4n) is 1.69. The number of esters is 1. The Balaban J connectivity index is 2.31. The number of carbonyl (C=O) groups excluding carboxylic acids is 1. The van der Waals surface area contributed by atoms with Gasteiger partial charge >= 0.3 is 5.97 Å². The number of carbonyl (C=O) groups is 1. The molecule has 0 atom stereocenters. The van der Waals surface area contributed by atoms with Gasteiger partial charge in [0.25, 0.3) is 5.09 Å². The lowest BCUT2D eigenvalue weighted by Gasteiger charge is -2.24. The first kappa shape index (κ1) is 10.7. The fourth-order valence-corrected chi connectivity index (χ4v) is 1.69. The average Bonchev–Trinajstić information content (AvgIpc) is 2.17. The predicted molar refractivity (Wildman–Crippen MR) is 45.8 cm³/mol. The van der Waals surface area contributed by atoms with Crippen molar-refractivity contribution < 1.29 is 19.5 Å². The molecule has 14 heavy (non-hydrogen) atoms. The first-order valence-corrected chi connectivity index (χ1v) is 4.52. The van der Waals surface area contributed by atoms with Crippen molar-refractivity contribution in [2.45, 2.75) is 31.8 Å². The SMILES string of the molecule is COC(=O)[C@H]1CC[C@H](O[N+](=O)[O-])CC1. The first-order valence-electron chi connectivity index (χ1n) is 4.52. The van der Waals surface area contributed by atoms with Gasteiger partial charge in [0.1, 0.15) is 6.10 Å². The molecule has 0 N–H and O–H groups in total. The van der Waals surface area contributed by atoms with E-state index in [0.29, 0.717) is 25.7 Å². The molecular formula is C8H13NO5. The third kappa shape index (κ3) is 2.86. The third-order valence-corrected chi connectivity index (χ3v) is 2.44. The van der Waals surface area contributed by atoms with E-state index in [1.54, 1.807) is 0 Å². The molecule has 0 unspecified atom stereocenters. The van der Waals surface area contributed by atoms with Crippen molar-refractivity contribution in [2.75, 3.05) is 7.11 Å². The van der Waals surface area contributed by atoms with E-state index >= 15 is 0 Å². The molecule has 1 aliphatic carbocycles. The zero-order valence-corrected chi connectivity index (χ0v) is 7.97. The van der Waals surface area contributed by atoms with E-state index in [1.165, 1.54) is 7.11 Å². The molecule has 1 fully saturated rings. The van der Waals surface area contributed by atoms with Crippen LogP contribution in [-0.4, -0.2) is 24.3 Å². The molecule has 6 nitrogen and oxygen atoms in total. The maximum Gasteiger partial charge on any atom is 0.308 e. The van der Waals surface area contributed by atoms with Crippen molar-refractivity contribution >= 4 is 5.97 Å². The van der Waals surface area contributed by atoms with Gasteiger partial charge in [0.05, 0.1) is 13.0 Å². The van der Waals surface area contributed by atoms with Crippen molar-refractivity contribution in [3.8, 4) is 0 Å². The van der Waals surface area contributed by atoms with E-state index in [9.17, 15) is 14.9 Å². The Morgan fingerprint density at radius 1 is 1.36 bits per heavy atom. The zero-order valence-electron chi connectivity index (χ0n) is 7.97. The lowest BCUT2D eigenvalue weighted by Crippen LogP contribution is -2.28. The van der Waals surface area contributed by atoms with Gasteiger partial charge in [-0.05, 0) is 25.7 Å². The van der Waals surface area contributed by atoms with Gasteiger partial charge in [0.15, 0.2) is 0 Å². The van der Waals surface area contributed by atoms with Crippen LogP contribution in [0, 0.1) is 16.0 Å². The Morgan fingerprint density at radius 2 is 1.93 bits per heavy atom. The number of methoxy groups -OCH3 is 1. The normalized spacial score (nSPS) is 26.6. The van der Waals surface area contributed by atoms with Gasteiger partial charge in [0.2, 0.25) is 0 Å². The lowest BCUT2D eigenvalue weighted by molar-refractivity contribution is -0.769. The van der Waals surface area contributed by atoms with Crippen LogP contribution in [0.5, 0.6) is 0 Å². The first-order chi connectivity index (χ1) is 6.63. The van der Waals surface area contributed by atoms with Gasteiger partial charge in [-0.3, -0.25) is 4.79 Å². The monoisotopic (exact) mass is 203 g/mol. The van der Waals surface area contributed by atoms with Crippen molar-refractivity contribution in [2.24, 2.45) is 5.92 Å². The minimum atomic E-state index is -0.775. The van der Waals surface area contributed by atoms with Crippen molar-refractivity contribution in [1.29, 1.82) is 0 Å². The van der Waals surface area contributed by atoms with Crippen LogP contribution in [0.15, 0.2) is 0 Å². The van der Waals surface area contributed by atoms with Gasteiger partial charge in [0, 0.05) is 0 Å². The maximum absolute atomic E-state index is 11.1. The molecule has 0 aromatic carbocycles. The molecule has 0 amide bonds. The molecule has 0 radical (unpaired) electrons. The molecule has 0 saturated heterocycles. The summed E-state index contributed by atoms with van der Waals surface area (Å²) in [6.45, 7) is 0. The van der Waals surface area contributed by atoms with E-state index in [4.69, 9.17) is 0 Å². The van der Waals surface area contributed by atoms with Gasteiger partial charge < -0.3 is 9.57 Å². The summed E-state index contributed by atoms with van der Waals surface area (Å²) in [5, 5.41) is 9.26. The number of hydrogen-bond acceptors (Lipinski definition) is 5. The molecule has 6 heteroatoms. The number of ether oxygens (including phenoxy) is 1. The highest BCUT2D eigenvalue weighted by Gasteiger charge is 2.28. The van der Waals surface area contributed by atoms with Crippen molar-refractivity contribution in [3.05, 3.63) is 10.1 Å². The molecule has 80 valence electrons. The standard InChI is InChI=1S/C8H13NO5/c1-13-8(10)6-2-4-7(5-3-6)14-9(11)12/h6-7H,2-5H2,1H3/t6-,7-. The molecule has 0 aliphatic heterocycles. The highest BCUT2D eigenvalue weighted by molar-refractivity contribution is 5.72. The van der Waals surface area contributed by atoms with Crippen LogP contribution in [0.25, 0.3) is 0 Å². The number of rotatable bonds is 3. The average molecular weight is 203 g/mol. The molecule has 0 heterocycles. The van der Waals surface area contributed by atoms with E-state index in [-0.39, 0.29) is 18.0 Å². The van der Waals surface area contributed by atoms with Crippen LogP contribution >= 0.6 is 0 Å². The predicted octanol–water partition coefficient (Wildman–Crippen LogP) is 0.926. The highest BCUT2D eigenvalue weighted by Crippen LogP contribution is 2.26. The van der Waals surface area contributed by atoms with Gasteiger partial charge in [-0.2, -0.15) is 0 Å². The van der Waals surface area contributed by atoms with E-state index in [0.717, 1.165) is 0 Å². The molecule has 1 aliphatic rings. The minimum absolute atomic E-state index is 0.119. The Bertz CT molecular complexity index is 222. The number of nitrogens with zero attached hydrogens (tertiary/aromatic N) is 1. The van der Waals surface area contributed by atoms with Crippen LogP contribution in [0.3, 0.4) is 0 Å². The van der Waals surface area contributed by atoms with Crippen LogP contribution in [0.4, 0.5) is 0 Å². The lowest BCUT2D eigenvalue weighted by atomic mass is 9.87. The number of hydrogen-bond donors (Lipinski definition) is 0. The van der Waals surface area contributed by atoms with Crippen molar-refractivity contribution in [1.82, 2.24) is 0 Å². The Hall–Kier alpha value is -1.33. The molecule has 1 saturated carbocycles. The van der Waals surface area contributed by atoms with Crippen LogP contribution in [0.2, 0.25) is 0 Å². The molecule has 0 bridgehead atoms. The molecule has 0 spiro atoms. The quantitative estimate of drug-likeness (QED) is 0.387. The largest absolute Gasteiger partial charge is 0.469 e. The van der Waals surface area contributed by atoms with Gasteiger partial charge in [-0.15, -0.1) is 10.1 Å². The maximum atomic E-state index is 11.1. The Labute approximate surface area is 81.3 Å². The van der Waals surface area contributed by atoms with Crippen molar-refractivity contribution in [3.63, 3.8) is 0 Å². The van der Waals surface area contributed by atoms with E-state index < -0.39 is 5.09 Å². The smallest absolute Gasteiger partial charge is 0.308 e. The van der Waals surface area contributed by atoms with E-state index in [2.05, 4.69) is 9.57 Å². The molecule has 1 rings (SSSR count). The second kappa shape index (κ2) is 4.78. The Kier molecular flexibility index (Phi) is 3.67. The third-order valence-electron chi connectivity index (χ3n) is 2.44. The molecule has 0 aromatic heterocycles. The van der Waals surface area contributed by atoms with Crippen LogP contribution in [0.1, 0.15) is 25.7 Å². The topological polar surface area (TPSA) is 78.7 Å². The minimum Gasteiger partial charge on any atom is -0.469 e. The van der Waals surface area contributed by atoms with Crippen LogP contribution < -0.4 is 0 Å². The Morgan fingerprint density at radius 3 is 2.36 bits per heavy atom. The summed E-state index contributed by atoms with van der Waals surface area (Å²) in [6.07, 6.45) is 1.93. The van der Waals surface area contributed by atoms with Gasteiger partial charge in [-0.25, -0.2) is 0 Å². The fraction of sp³-hybridized carbons (Fsp3) is 0.875. The molecular weight excluding hydrogens is 190 g/mol. The second-order valence-corrected chi connectivity index (χ2v) is 3.33. The zero-order chi connectivity index (χ0) is 10.6. The van der Waals surface area contributed by atoms with E-state index in [1.807, 2.05) is 0 Å². The summed E-state index contributed by atoms with van der Waals surface area (Å²) in [7, 11) is 1.35. The summed E-state index contributed by atoms with van der Waals surface area (Å²) in [4.78, 5) is 25.6. The van der Waals surface area contributed by atoms with Crippen LogP contribution in [-0.2, 0) is 14.4 Å². The summed E-state index contributed by atoms with van der Waals surface area (Å²) in [5.74, 6) is -0.351. The summed E-state index contributed by atoms with van der Waals surface area (Å²) in [5.41, 5.74) is 0. The van der Waals surface area contributed by atoms with Gasteiger partial charge in [-0.1, -0.05) is 0 Å². The summed E-state index contributed by atoms with van der Waals surface area (Å²) in [6, 6.07) is 0. The molecule has 0 aromatic rings. The summed E-state index contributed by atoms with van der Waals surface area (Å²) < 4.78 is 4.59. The second-order valence-electron chi connectivity index (χ2n) is 3.33. The summed E-state index contributed by atoms with van der Waals surface area (Å²) >= 11 is 0. The highest BCUT2D eigenvalue weighted by atomic mass is 17.0.